The van der Waals surface area contributed by atoms with Crippen LogP contribution in [0.4, 0.5) is 5.69 Å². The summed E-state index contributed by atoms with van der Waals surface area (Å²) in [6, 6.07) is 4.67. The molecule has 3 rings (SSSR count). The van der Waals surface area contributed by atoms with Gasteiger partial charge in [-0.25, -0.2) is 5.43 Å². The van der Waals surface area contributed by atoms with Crippen molar-refractivity contribution in [1.29, 1.82) is 0 Å². The van der Waals surface area contributed by atoms with Crippen molar-refractivity contribution in [2.45, 2.75) is 12.8 Å². The van der Waals surface area contributed by atoms with E-state index < -0.39 is 17.7 Å². The van der Waals surface area contributed by atoms with Gasteiger partial charge in [0.2, 0.25) is 5.91 Å². The first-order valence-corrected chi connectivity index (χ1v) is 6.61. The molecule has 0 aliphatic carbocycles. The minimum absolute atomic E-state index is 0.169. The molecule has 0 unspecified atom stereocenters. The maximum Gasteiger partial charge on any atom is 0.271 e. The lowest BCUT2D eigenvalue weighted by atomic mass is 10.1. The molecule has 8 heteroatoms. The van der Waals surface area contributed by atoms with Crippen LogP contribution in [0.2, 0.25) is 0 Å². The number of benzene rings is 1. The molecule has 112 valence electrons. The van der Waals surface area contributed by atoms with E-state index in [2.05, 4.69) is 15.8 Å². The lowest BCUT2D eigenvalue weighted by molar-refractivity contribution is -0.121. The fourth-order valence-corrected chi connectivity index (χ4v) is 2.34. The first-order valence-electron chi connectivity index (χ1n) is 6.61. The van der Waals surface area contributed by atoms with Crippen molar-refractivity contribution in [3.63, 3.8) is 0 Å². The summed E-state index contributed by atoms with van der Waals surface area (Å²) >= 11 is 0. The lowest BCUT2D eigenvalue weighted by Gasteiger charge is -2.13. The molecule has 1 aromatic carbocycles. The highest BCUT2D eigenvalue weighted by Crippen LogP contribution is 2.28. The number of carbonyl (C=O) groups excluding carboxylic acids is 4. The Hall–Kier alpha value is -3.03. The molecule has 0 atom stereocenters. The minimum Gasteiger partial charge on any atom is -0.320 e. The Kier molecular flexibility index (Phi) is 3.21. The van der Waals surface area contributed by atoms with Crippen molar-refractivity contribution in [2.75, 3.05) is 12.4 Å². The standard InChI is InChI=1S/C14H12N4O4/c1-18-13(21)7-3-2-4-8(11(7)14(18)22)15-12(20)9-5-6-10(19)17-16-9/h2-4H,5-6H2,1H3,(H,15,20)(H,17,19). The SMILES string of the molecule is CN1C(=O)c2cccc(NC(=O)C3=NNC(=O)CC3)c2C1=O. The second kappa shape index (κ2) is 5.06. The van der Waals surface area contributed by atoms with E-state index in [0.29, 0.717) is 0 Å². The molecule has 0 bridgehead atoms. The van der Waals surface area contributed by atoms with Gasteiger partial charge in [0, 0.05) is 19.9 Å². The summed E-state index contributed by atoms with van der Waals surface area (Å²) in [6.45, 7) is 0. The van der Waals surface area contributed by atoms with Crippen molar-refractivity contribution in [2.24, 2.45) is 5.10 Å². The third-order valence-corrected chi connectivity index (χ3v) is 3.53. The molecule has 0 saturated heterocycles. The van der Waals surface area contributed by atoms with Crippen molar-refractivity contribution < 1.29 is 19.2 Å². The molecule has 2 heterocycles. The number of amides is 4. The minimum atomic E-state index is -0.511. The van der Waals surface area contributed by atoms with Crippen molar-refractivity contribution in [3.8, 4) is 0 Å². The van der Waals surface area contributed by atoms with E-state index in [1.54, 1.807) is 12.1 Å². The van der Waals surface area contributed by atoms with Crippen LogP contribution in [0.5, 0.6) is 0 Å². The van der Waals surface area contributed by atoms with E-state index in [0.717, 1.165) is 4.90 Å². The van der Waals surface area contributed by atoms with Gasteiger partial charge >= 0.3 is 0 Å². The van der Waals surface area contributed by atoms with Crippen LogP contribution in [0.3, 0.4) is 0 Å². The smallest absolute Gasteiger partial charge is 0.271 e. The summed E-state index contributed by atoms with van der Waals surface area (Å²) in [4.78, 5) is 48.2. The second-order valence-electron chi connectivity index (χ2n) is 4.95. The number of hydrazone groups is 1. The molecule has 8 nitrogen and oxygen atoms in total. The van der Waals surface area contributed by atoms with Gasteiger partial charge in [-0.2, -0.15) is 5.10 Å². The summed E-state index contributed by atoms with van der Waals surface area (Å²) in [7, 11) is 1.39. The molecule has 4 amide bonds. The van der Waals surface area contributed by atoms with Gasteiger partial charge in [0.1, 0.15) is 5.71 Å². The van der Waals surface area contributed by atoms with Crippen LogP contribution in [0.15, 0.2) is 23.3 Å². The second-order valence-corrected chi connectivity index (χ2v) is 4.95. The Bertz CT molecular complexity index is 753. The van der Waals surface area contributed by atoms with Crippen LogP contribution in [0.25, 0.3) is 0 Å². The summed E-state index contributed by atoms with van der Waals surface area (Å²) in [5, 5.41) is 6.27. The van der Waals surface area contributed by atoms with Gasteiger partial charge in [-0.15, -0.1) is 0 Å². The highest BCUT2D eigenvalue weighted by atomic mass is 16.2. The van der Waals surface area contributed by atoms with Gasteiger partial charge < -0.3 is 5.32 Å². The molecular weight excluding hydrogens is 288 g/mol. The Morgan fingerprint density at radius 1 is 1.23 bits per heavy atom. The first kappa shape index (κ1) is 13.9. The van der Waals surface area contributed by atoms with Crippen molar-refractivity contribution >= 4 is 35.0 Å². The summed E-state index contributed by atoms with van der Waals surface area (Å²) in [5.74, 6) is -1.63. The van der Waals surface area contributed by atoms with Crippen molar-refractivity contribution in [1.82, 2.24) is 10.3 Å². The number of anilines is 1. The number of rotatable bonds is 2. The Labute approximate surface area is 125 Å². The predicted molar refractivity (Wildman–Crippen MR) is 76.3 cm³/mol. The van der Waals surface area contributed by atoms with Crippen LogP contribution >= 0.6 is 0 Å². The number of hydrogen-bond acceptors (Lipinski definition) is 5. The highest BCUT2D eigenvalue weighted by Gasteiger charge is 2.35. The zero-order valence-electron chi connectivity index (χ0n) is 11.7. The Morgan fingerprint density at radius 3 is 2.68 bits per heavy atom. The summed E-state index contributed by atoms with van der Waals surface area (Å²) in [6.07, 6.45) is 0.402. The zero-order valence-corrected chi connectivity index (χ0v) is 11.7. The van der Waals surface area contributed by atoms with E-state index in [1.807, 2.05) is 0 Å². The third kappa shape index (κ3) is 2.14. The molecule has 0 fully saturated rings. The number of nitrogens with one attached hydrogen (secondary N) is 2. The summed E-state index contributed by atoms with van der Waals surface area (Å²) in [5.41, 5.74) is 3.08. The van der Waals surface area contributed by atoms with E-state index in [9.17, 15) is 19.2 Å². The van der Waals surface area contributed by atoms with E-state index in [-0.39, 0.29) is 41.3 Å². The molecule has 1 aromatic rings. The van der Waals surface area contributed by atoms with E-state index >= 15 is 0 Å². The highest BCUT2D eigenvalue weighted by molar-refractivity contribution is 6.44. The fraction of sp³-hybridized carbons (Fsp3) is 0.214. The van der Waals surface area contributed by atoms with Gasteiger partial charge in [-0.1, -0.05) is 6.07 Å². The molecule has 0 saturated carbocycles. The molecular formula is C14H12N4O4. The van der Waals surface area contributed by atoms with Gasteiger partial charge in [0.05, 0.1) is 16.8 Å². The normalized spacial score (nSPS) is 17.0. The van der Waals surface area contributed by atoms with Crippen LogP contribution in [0.1, 0.15) is 33.6 Å². The lowest BCUT2D eigenvalue weighted by Crippen LogP contribution is -2.33. The summed E-state index contributed by atoms with van der Waals surface area (Å²) < 4.78 is 0. The Morgan fingerprint density at radius 2 is 2.00 bits per heavy atom. The number of hydrogen-bond donors (Lipinski definition) is 2. The Balaban J connectivity index is 1.89. The number of fused-ring (bicyclic) bond motifs is 1. The molecule has 0 aromatic heterocycles. The molecule has 0 radical (unpaired) electrons. The van der Waals surface area contributed by atoms with E-state index in [4.69, 9.17) is 0 Å². The van der Waals surface area contributed by atoms with Crippen LogP contribution in [0, 0.1) is 0 Å². The molecule has 22 heavy (non-hydrogen) atoms. The third-order valence-electron chi connectivity index (χ3n) is 3.53. The van der Waals surface area contributed by atoms with Crippen LogP contribution in [-0.4, -0.2) is 41.3 Å². The van der Waals surface area contributed by atoms with Gasteiger partial charge in [-0.3, -0.25) is 24.1 Å². The molecule has 0 spiro atoms. The topological polar surface area (TPSA) is 108 Å². The number of carbonyl (C=O) groups is 4. The average Bonchev–Trinajstić information content (AvgIpc) is 2.73. The monoisotopic (exact) mass is 300 g/mol. The predicted octanol–water partition coefficient (Wildman–Crippen LogP) is 0.117. The quantitative estimate of drug-likeness (QED) is 0.756. The maximum absolute atomic E-state index is 12.1. The molecule has 2 N–H and O–H groups in total. The average molecular weight is 300 g/mol. The number of nitrogens with zero attached hydrogens (tertiary/aromatic N) is 2. The van der Waals surface area contributed by atoms with E-state index in [1.165, 1.54) is 13.1 Å². The van der Waals surface area contributed by atoms with Gasteiger partial charge in [0.15, 0.2) is 0 Å². The zero-order chi connectivity index (χ0) is 15.9. The maximum atomic E-state index is 12.1. The number of imide groups is 1. The van der Waals surface area contributed by atoms with Gasteiger partial charge in [0.25, 0.3) is 17.7 Å². The molecule has 2 aliphatic heterocycles. The van der Waals surface area contributed by atoms with Gasteiger partial charge in [-0.05, 0) is 12.1 Å². The molecule has 2 aliphatic rings. The first-order chi connectivity index (χ1) is 10.5. The van der Waals surface area contributed by atoms with Crippen LogP contribution in [-0.2, 0) is 9.59 Å². The fourth-order valence-electron chi connectivity index (χ4n) is 2.34. The van der Waals surface area contributed by atoms with Crippen LogP contribution < -0.4 is 10.7 Å². The largest absolute Gasteiger partial charge is 0.320 e. The van der Waals surface area contributed by atoms with Crippen molar-refractivity contribution in [3.05, 3.63) is 29.3 Å².